The summed E-state index contributed by atoms with van der Waals surface area (Å²) >= 11 is 1.74. The molecule has 5 atom stereocenters. The predicted molar refractivity (Wildman–Crippen MR) is 141 cm³/mol. The number of carbonyl (C=O) groups is 1. The number of esters is 1. The van der Waals surface area contributed by atoms with Crippen molar-refractivity contribution < 1.29 is 19.0 Å². The van der Waals surface area contributed by atoms with Crippen molar-refractivity contribution in [2.45, 2.75) is 105 Å². The summed E-state index contributed by atoms with van der Waals surface area (Å²) in [5, 5.41) is 0. The summed E-state index contributed by atoms with van der Waals surface area (Å²) in [6.45, 7) is 8.69. The van der Waals surface area contributed by atoms with Gasteiger partial charge in [-0.3, -0.25) is 0 Å². The number of ether oxygens (including phenoxy) is 3. The highest BCUT2D eigenvalue weighted by Crippen LogP contribution is 2.56. The average molecular weight is 507 g/mol. The van der Waals surface area contributed by atoms with Crippen molar-refractivity contribution in [2.24, 2.45) is 11.8 Å². The Hall–Kier alpha value is -1.82. The molecule has 2 bridgehead atoms. The highest BCUT2D eigenvalue weighted by Gasteiger charge is 2.59. The maximum absolute atomic E-state index is 13.9. The summed E-state index contributed by atoms with van der Waals surface area (Å²) in [5.74, 6) is 0.313. The summed E-state index contributed by atoms with van der Waals surface area (Å²) in [5.41, 5.74) is 1.69. The van der Waals surface area contributed by atoms with Crippen LogP contribution in [0.1, 0.15) is 95.2 Å². The lowest BCUT2D eigenvalue weighted by Crippen LogP contribution is -2.51. The van der Waals surface area contributed by atoms with Gasteiger partial charge in [0.15, 0.2) is 5.60 Å². The third-order valence-electron chi connectivity index (χ3n) is 8.96. The number of benzene rings is 2. The van der Waals surface area contributed by atoms with E-state index < -0.39 is 11.4 Å². The maximum Gasteiger partial charge on any atom is 0.341 e. The second-order valence-corrected chi connectivity index (χ2v) is 13.1. The number of hydrogen-bond donors (Lipinski definition) is 0. The van der Waals surface area contributed by atoms with Crippen LogP contribution in [0, 0.1) is 11.8 Å². The molecule has 2 heterocycles. The first-order valence-electron chi connectivity index (χ1n) is 13.8. The Labute approximate surface area is 219 Å². The lowest BCUT2D eigenvalue weighted by molar-refractivity contribution is -0.208. The van der Waals surface area contributed by atoms with Crippen molar-refractivity contribution in [3.63, 3.8) is 0 Å². The van der Waals surface area contributed by atoms with E-state index in [4.69, 9.17) is 14.2 Å². The van der Waals surface area contributed by atoms with Gasteiger partial charge in [-0.1, -0.05) is 69.6 Å². The molecule has 1 saturated heterocycles. The van der Waals surface area contributed by atoms with E-state index >= 15 is 0 Å². The normalized spacial score (nSPS) is 34.9. The molecule has 0 aromatic heterocycles. The molecular weight excluding hydrogens is 468 g/mol. The van der Waals surface area contributed by atoms with E-state index in [2.05, 4.69) is 51.1 Å². The summed E-state index contributed by atoms with van der Waals surface area (Å²) in [4.78, 5) is 16.1. The minimum Gasteiger partial charge on any atom is -0.457 e. The van der Waals surface area contributed by atoms with Crippen LogP contribution in [0.5, 0.6) is 0 Å². The molecule has 2 aromatic carbocycles. The summed E-state index contributed by atoms with van der Waals surface area (Å²) in [7, 11) is 0. The van der Waals surface area contributed by atoms with Crippen molar-refractivity contribution in [2.75, 3.05) is 6.61 Å². The third kappa shape index (κ3) is 3.93. The van der Waals surface area contributed by atoms with Gasteiger partial charge < -0.3 is 14.2 Å². The van der Waals surface area contributed by atoms with E-state index in [1.165, 1.54) is 18.4 Å². The van der Waals surface area contributed by atoms with Gasteiger partial charge >= 0.3 is 5.97 Å². The predicted octanol–water partition coefficient (Wildman–Crippen LogP) is 7.57. The van der Waals surface area contributed by atoms with Crippen LogP contribution in [0.3, 0.4) is 0 Å². The SMILES string of the molecule is CCC1CC2CCCC(OC(=O)C3(C)COC4(O3)c3ccccc3Sc3ccc(C(C)C)cc34)(C1)C2. The van der Waals surface area contributed by atoms with Crippen LogP contribution in [0.25, 0.3) is 0 Å². The Kier molecular flexibility index (Phi) is 6.05. The fourth-order valence-corrected chi connectivity index (χ4v) is 8.12. The highest BCUT2D eigenvalue weighted by molar-refractivity contribution is 7.99. The molecule has 3 fully saturated rings. The summed E-state index contributed by atoms with van der Waals surface area (Å²) < 4.78 is 19.9. The molecule has 2 aliphatic carbocycles. The lowest BCUT2D eigenvalue weighted by atomic mass is 9.64. The molecule has 4 aliphatic rings. The molecule has 2 saturated carbocycles. The zero-order valence-corrected chi connectivity index (χ0v) is 22.8. The molecule has 0 N–H and O–H groups in total. The van der Waals surface area contributed by atoms with E-state index in [-0.39, 0.29) is 18.2 Å². The van der Waals surface area contributed by atoms with Gasteiger partial charge in [0.1, 0.15) is 5.60 Å². The quantitative estimate of drug-likeness (QED) is 0.400. The fraction of sp³-hybridized carbons (Fsp3) is 0.581. The number of fused-ring (bicyclic) bond motifs is 6. The van der Waals surface area contributed by atoms with Crippen molar-refractivity contribution >= 4 is 17.7 Å². The first-order valence-corrected chi connectivity index (χ1v) is 14.6. The van der Waals surface area contributed by atoms with E-state index in [0.717, 1.165) is 53.0 Å². The van der Waals surface area contributed by atoms with Crippen LogP contribution in [0.2, 0.25) is 0 Å². The van der Waals surface area contributed by atoms with Crippen LogP contribution in [-0.2, 0) is 24.8 Å². The molecule has 6 rings (SSSR count). The molecule has 0 radical (unpaired) electrons. The zero-order chi connectivity index (χ0) is 25.1. The van der Waals surface area contributed by atoms with Crippen LogP contribution in [0.15, 0.2) is 52.3 Å². The van der Waals surface area contributed by atoms with Gasteiger partial charge in [0.25, 0.3) is 0 Å². The Morgan fingerprint density at radius 1 is 1.14 bits per heavy atom. The third-order valence-corrected chi connectivity index (χ3v) is 10.1. The molecule has 2 aromatic rings. The first-order chi connectivity index (χ1) is 17.3. The standard InChI is InChI=1S/C31H38O4S/c1-5-21-15-22-9-8-14-30(17-21,18-22)34-28(32)29(4)19-33-31(35-29)24-10-6-7-11-26(24)36-27-13-12-23(20(2)3)16-25(27)31/h6-7,10-13,16,20-22H,5,8-9,14-15,17-19H2,1-4H3. The molecule has 36 heavy (non-hydrogen) atoms. The maximum atomic E-state index is 13.9. The van der Waals surface area contributed by atoms with E-state index in [1.54, 1.807) is 11.8 Å². The monoisotopic (exact) mass is 506 g/mol. The molecular formula is C31H38O4S. The molecule has 1 spiro atoms. The summed E-state index contributed by atoms with van der Waals surface area (Å²) in [6, 6.07) is 14.8. The second kappa shape index (κ2) is 8.89. The highest BCUT2D eigenvalue weighted by atomic mass is 32.2. The Morgan fingerprint density at radius 2 is 1.94 bits per heavy atom. The second-order valence-electron chi connectivity index (χ2n) is 12.0. The van der Waals surface area contributed by atoms with Gasteiger partial charge in [0.2, 0.25) is 5.79 Å². The van der Waals surface area contributed by atoms with Gasteiger partial charge in [-0.15, -0.1) is 0 Å². The number of hydrogen-bond acceptors (Lipinski definition) is 5. The van der Waals surface area contributed by atoms with Crippen LogP contribution in [-0.4, -0.2) is 23.8 Å². The first kappa shape index (κ1) is 24.5. The smallest absolute Gasteiger partial charge is 0.341 e. The lowest BCUT2D eigenvalue weighted by Gasteiger charge is -2.48. The van der Waals surface area contributed by atoms with Gasteiger partial charge in [-0.2, -0.15) is 0 Å². The molecule has 4 nitrogen and oxygen atoms in total. The summed E-state index contributed by atoms with van der Waals surface area (Å²) in [6.07, 6.45) is 7.78. The van der Waals surface area contributed by atoms with Crippen molar-refractivity contribution in [1.82, 2.24) is 0 Å². The van der Waals surface area contributed by atoms with Crippen LogP contribution >= 0.6 is 11.8 Å². The molecule has 192 valence electrons. The van der Waals surface area contributed by atoms with Gasteiger partial charge in [-0.05, 0) is 80.5 Å². The number of carbonyl (C=O) groups excluding carboxylic acids is 1. The molecule has 5 heteroatoms. The van der Waals surface area contributed by atoms with Crippen LogP contribution in [0.4, 0.5) is 0 Å². The Balaban J connectivity index is 1.35. The largest absolute Gasteiger partial charge is 0.457 e. The Bertz CT molecular complexity index is 1180. The molecule has 0 amide bonds. The molecule has 2 aliphatic heterocycles. The fourth-order valence-electron chi connectivity index (χ4n) is 6.99. The number of rotatable bonds is 4. The average Bonchev–Trinajstić information content (AvgIpc) is 3.23. The van der Waals surface area contributed by atoms with E-state index in [0.29, 0.717) is 17.8 Å². The Morgan fingerprint density at radius 3 is 2.75 bits per heavy atom. The zero-order valence-electron chi connectivity index (χ0n) is 22.0. The minimum absolute atomic E-state index is 0.174. The van der Waals surface area contributed by atoms with Crippen molar-refractivity contribution in [1.29, 1.82) is 0 Å². The van der Waals surface area contributed by atoms with Gasteiger partial charge in [0, 0.05) is 20.9 Å². The molecule has 5 unspecified atom stereocenters. The van der Waals surface area contributed by atoms with Crippen molar-refractivity contribution in [3.05, 3.63) is 59.2 Å². The van der Waals surface area contributed by atoms with Gasteiger partial charge in [-0.25, -0.2) is 4.79 Å². The minimum atomic E-state index is -1.17. The van der Waals surface area contributed by atoms with Crippen LogP contribution < -0.4 is 0 Å². The van der Waals surface area contributed by atoms with E-state index in [9.17, 15) is 4.79 Å². The topological polar surface area (TPSA) is 44.8 Å². The van der Waals surface area contributed by atoms with Gasteiger partial charge in [0.05, 0.1) is 6.61 Å². The van der Waals surface area contributed by atoms with E-state index in [1.807, 2.05) is 19.1 Å². The van der Waals surface area contributed by atoms with Crippen molar-refractivity contribution in [3.8, 4) is 0 Å².